The normalized spacial score (nSPS) is 16.7. The number of carbonyl (C=O) groups is 2. The second kappa shape index (κ2) is 3.92. The monoisotopic (exact) mass is 222 g/mol. The van der Waals surface area contributed by atoms with Gasteiger partial charge in [-0.2, -0.15) is 0 Å². The third kappa shape index (κ3) is 1.76. The van der Waals surface area contributed by atoms with Gasteiger partial charge in [-0.25, -0.2) is 4.39 Å². The van der Waals surface area contributed by atoms with E-state index in [0.29, 0.717) is 24.9 Å². The van der Waals surface area contributed by atoms with Crippen molar-refractivity contribution in [1.82, 2.24) is 0 Å². The Morgan fingerprint density at radius 3 is 2.38 bits per heavy atom. The van der Waals surface area contributed by atoms with E-state index in [1.807, 2.05) is 0 Å². The number of hydrogen-bond acceptors (Lipinski definition) is 3. The highest BCUT2D eigenvalue weighted by atomic mass is 19.1. The lowest BCUT2D eigenvalue weighted by Gasteiger charge is -2.25. The Bertz CT molecular complexity index is 443. The van der Waals surface area contributed by atoms with E-state index in [0.717, 1.165) is 11.0 Å². The smallest absolute Gasteiger partial charge is 0.233 e. The summed E-state index contributed by atoms with van der Waals surface area (Å²) >= 11 is 0. The minimum atomic E-state index is -0.555. The van der Waals surface area contributed by atoms with Crippen molar-refractivity contribution in [2.45, 2.75) is 19.3 Å². The molecule has 5 heteroatoms. The van der Waals surface area contributed by atoms with E-state index in [2.05, 4.69) is 0 Å². The average molecular weight is 222 g/mol. The molecule has 84 valence electrons. The zero-order valence-electron chi connectivity index (χ0n) is 8.57. The molecule has 0 unspecified atom stereocenters. The molecular formula is C11H11FN2O2. The summed E-state index contributed by atoms with van der Waals surface area (Å²) in [5.41, 5.74) is 5.67. The Balaban J connectivity index is 2.38. The number of carbonyl (C=O) groups excluding carboxylic acids is 2. The fraction of sp³-hybridized carbons (Fsp3) is 0.273. The molecule has 0 aliphatic carbocycles. The Kier molecular flexibility index (Phi) is 2.60. The summed E-state index contributed by atoms with van der Waals surface area (Å²) in [5.74, 6) is -1.08. The fourth-order valence-electron chi connectivity index (χ4n) is 1.71. The third-order valence-electron chi connectivity index (χ3n) is 2.52. The van der Waals surface area contributed by atoms with Gasteiger partial charge in [0.2, 0.25) is 11.8 Å². The van der Waals surface area contributed by atoms with Crippen molar-refractivity contribution < 1.29 is 14.0 Å². The van der Waals surface area contributed by atoms with E-state index in [1.54, 1.807) is 0 Å². The van der Waals surface area contributed by atoms with Crippen LogP contribution in [0.25, 0.3) is 0 Å². The summed E-state index contributed by atoms with van der Waals surface area (Å²) in [4.78, 5) is 24.2. The molecule has 4 nitrogen and oxygen atoms in total. The van der Waals surface area contributed by atoms with Crippen LogP contribution in [0, 0.1) is 5.82 Å². The first-order valence-electron chi connectivity index (χ1n) is 5.00. The number of nitrogen functional groups attached to an aromatic ring is 1. The zero-order chi connectivity index (χ0) is 11.7. The molecule has 1 saturated heterocycles. The molecule has 1 aliphatic rings. The molecule has 1 heterocycles. The third-order valence-corrected chi connectivity index (χ3v) is 2.52. The predicted molar refractivity (Wildman–Crippen MR) is 57.2 cm³/mol. The summed E-state index contributed by atoms with van der Waals surface area (Å²) in [6.45, 7) is 0. The number of anilines is 2. The van der Waals surface area contributed by atoms with Gasteiger partial charge in [-0.1, -0.05) is 0 Å². The molecule has 16 heavy (non-hydrogen) atoms. The molecule has 0 bridgehead atoms. The van der Waals surface area contributed by atoms with Gasteiger partial charge in [0, 0.05) is 12.8 Å². The Morgan fingerprint density at radius 2 is 1.81 bits per heavy atom. The van der Waals surface area contributed by atoms with Crippen LogP contribution in [0.2, 0.25) is 0 Å². The summed E-state index contributed by atoms with van der Waals surface area (Å²) in [5, 5.41) is 0. The zero-order valence-corrected chi connectivity index (χ0v) is 8.57. The maximum atomic E-state index is 12.9. The van der Waals surface area contributed by atoms with Crippen LogP contribution in [0.4, 0.5) is 15.8 Å². The van der Waals surface area contributed by atoms with Crippen molar-refractivity contribution in [3.63, 3.8) is 0 Å². The number of hydrogen-bond donors (Lipinski definition) is 1. The number of rotatable bonds is 1. The van der Waals surface area contributed by atoms with Crippen molar-refractivity contribution in [1.29, 1.82) is 0 Å². The SMILES string of the molecule is Nc1cc(N2C(=O)CCCC2=O)ccc1F. The molecule has 1 aromatic carbocycles. The number of benzene rings is 1. The maximum Gasteiger partial charge on any atom is 0.233 e. The van der Waals surface area contributed by atoms with Crippen molar-refractivity contribution in [3.05, 3.63) is 24.0 Å². The number of imide groups is 1. The van der Waals surface area contributed by atoms with Crippen LogP contribution in [0.15, 0.2) is 18.2 Å². The fourth-order valence-corrected chi connectivity index (χ4v) is 1.71. The lowest BCUT2D eigenvalue weighted by atomic mass is 10.1. The second-order valence-electron chi connectivity index (χ2n) is 3.68. The summed E-state index contributed by atoms with van der Waals surface area (Å²) < 4.78 is 12.9. The van der Waals surface area contributed by atoms with E-state index in [-0.39, 0.29) is 17.5 Å². The van der Waals surface area contributed by atoms with Crippen LogP contribution in [-0.2, 0) is 9.59 Å². The lowest BCUT2D eigenvalue weighted by Crippen LogP contribution is -2.40. The molecule has 0 spiro atoms. The van der Waals surface area contributed by atoms with Gasteiger partial charge in [-0.15, -0.1) is 0 Å². The molecule has 0 aromatic heterocycles. The van der Waals surface area contributed by atoms with Crippen molar-refractivity contribution in [2.24, 2.45) is 0 Å². The molecular weight excluding hydrogens is 211 g/mol. The van der Waals surface area contributed by atoms with E-state index in [4.69, 9.17) is 5.73 Å². The number of nitrogens with two attached hydrogens (primary N) is 1. The Hall–Kier alpha value is -1.91. The highest BCUT2D eigenvalue weighted by molar-refractivity contribution is 6.16. The molecule has 2 N–H and O–H groups in total. The van der Waals surface area contributed by atoms with Gasteiger partial charge in [0.05, 0.1) is 11.4 Å². The van der Waals surface area contributed by atoms with Gasteiger partial charge in [-0.05, 0) is 24.6 Å². The molecule has 0 saturated carbocycles. The van der Waals surface area contributed by atoms with Crippen LogP contribution in [-0.4, -0.2) is 11.8 Å². The first-order valence-corrected chi connectivity index (χ1v) is 5.00. The average Bonchev–Trinajstić information content (AvgIpc) is 2.23. The largest absolute Gasteiger partial charge is 0.396 e. The number of nitrogens with zero attached hydrogens (tertiary/aromatic N) is 1. The number of amides is 2. The summed E-state index contributed by atoms with van der Waals surface area (Å²) in [6, 6.07) is 3.84. The lowest BCUT2D eigenvalue weighted by molar-refractivity contribution is -0.129. The van der Waals surface area contributed by atoms with Gasteiger partial charge in [-0.3, -0.25) is 14.5 Å². The van der Waals surface area contributed by atoms with Gasteiger partial charge < -0.3 is 5.73 Å². The van der Waals surface area contributed by atoms with Crippen LogP contribution in [0.1, 0.15) is 19.3 Å². The molecule has 1 aliphatic heterocycles. The Labute approximate surface area is 91.8 Å². The summed E-state index contributed by atoms with van der Waals surface area (Å²) in [7, 11) is 0. The first kappa shape index (κ1) is 10.6. The van der Waals surface area contributed by atoms with Gasteiger partial charge >= 0.3 is 0 Å². The first-order chi connectivity index (χ1) is 7.59. The van der Waals surface area contributed by atoms with Gasteiger partial charge in [0.15, 0.2) is 0 Å². The maximum absolute atomic E-state index is 12.9. The van der Waals surface area contributed by atoms with Crippen LogP contribution >= 0.6 is 0 Å². The van der Waals surface area contributed by atoms with E-state index in [9.17, 15) is 14.0 Å². The van der Waals surface area contributed by atoms with E-state index < -0.39 is 5.82 Å². The van der Waals surface area contributed by atoms with Crippen LogP contribution in [0.5, 0.6) is 0 Å². The second-order valence-corrected chi connectivity index (χ2v) is 3.68. The molecule has 2 amide bonds. The minimum Gasteiger partial charge on any atom is -0.396 e. The predicted octanol–water partition coefficient (Wildman–Crippen LogP) is 1.45. The molecule has 0 radical (unpaired) electrons. The highest BCUT2D eigenvalue weighted by Crippen LogP contribution is 2.25. The van der Waals surface area contributed by atoms with Crippen molar-refractivity contribution >= 4 is 23.2 Å². The van der Waals surface area contributed by atoms with Gasteiger partial charge in [0.1, 0.15) is 5.82 Å². The quantitative estimate of drug-likeness (QED) is 0.577. The number of piperidine rings is 1. The van der Waals surface area contributed by atoms with E-state index >= 15 is 0 Å². The van der Waals surface area contributed by atoms with Crippen molar-refractivity contribution in [3.8, 4) is 0 Å². The van der Waals surface area contributed by atoms with Crippen LogP contribution in [0.3, 0.4) is 0 Å². The van der Waals surface area contributed by atoms with E-state index in [1.165, 1.54) is 12.1 Å². The minimum absolute atomic E-state index is 0.0660. The molecule has 1 fully saturated rings. The number of halogens is 1. The van der Waals surface area contributed by atoms with Gasteiger partial charge in [0.25, 0.3) is 0 Å². The Morgan fingerprint density at radius 1 is 1.19 bits per heavy atom. The van der Waals surface area contributed by atoms with Crippen LogP contribution < -0.4 is 10.6 Å². The summed E-state index contributed by atoms with van der Waals surface area (Å²) in [6.07, 6.45) is 1.25. The molecule has 1 aromatic rings. The standard InChI is InChI=1S/C11H11FN2O2/c12-8-5-4-7(6-9(8)13)14-10(15)2-1-3-11(14)16/h4-6H,1-3,13H2. The highest BCUT2D eigenvalue weighted by Gasteiger charge is 2.27. The molecule has 0 atom stereocenters. The van der Waals surface area contributed by atoms with Crippen molar-refractivity contribution in [2.75, 3.05) is 10.6 Å². The molecule has 2 rings (SSSR count). The topological polar surface area (TPSA) is 63.4 Å².